The number of nitrogens with zero attached hydrogens (tertiary/aromatic N) is 2. The molecule has 29 heavy (non-hydrogen) atoms. The third-order valence-electron chi connectivity index (χ3n) is 5.20. The van der Waals surface area contributed by atoms with Gasteiger partial charge in [0.25, 0.3) is 0 Å². The van der Waals surface area contributed by atoms with Gasteiger partial charge in [0, 0.05) is 32.7 Å². The molecule has 5 nitrogen and oxygen atoms in total. The molecule has 6 heteroatoms. The Morgan fingerprint density at radius 1 is 1.10 bits per heavy atom. The molecule has 3 N–H and O–H groups in total. The number of aliphatic imine (C=N–C) groups is 1. The summed E-state index contributed by atoms with van der Waals surface area (Å²) in [5.41, 5.74) is 5.27. The maximum atomic E-state index is 10.5. The molecule has 0 fully saturated rings. The van der Waals surface area contributed by atoms with Crippen LogP contribution in [0.4, 0.5) is 0 Å². The Bertz CT molecular complexity index is 796. The molecule has 1 unspecified atom stereocenters. The summed E-state index contributed by atoms with van der Waals surface area (Å²) in [6, 6.07) is 16.9. The first-order valence-corrected chi connectivity index (χ1v) is 10.2. The summed E-state index contributed by atoms with van der Waals surface area (Å²) in [6.07, 6.45) is 0.615. The molecule has 0 spiro atoms. The molecule has 0 bridgehead atoms. The summed E-state index contributed by atoms with van der Waals surface area (Å²) in [5, 5.41) is 17.0. The highest BCUT2D eigenvalue weighted by Gasteiger charge is 2.18. The summed E-state index contributed by atoms with van der Waals surface area (Å²) in [6.45, 7) is 8.62. The SMILES string of the molecule is CCNC(=NCc1ccccc1C)NCC(O)CN1CCc2ccccc2C1.I. The molecule has 0 saturated heterocycles. The Balaban J connectivity index is 0.00000300. The predicted octanol–water partition coefficient (Wildman–Crippen LogP) is 3.09. The Morgan fingerprint density at radius 3 is 2.59 bits per heavy atom. The van der Waals surface area contributed by atoms with Gasteiger partial charge in [-0.15, -0.1) is 24.0 Å². The van der Waals surface area contributed by atoms with Crippen LogP contribution in [0.2, 0.25) is 0 Å². The number of aliphatic hydroxyl groups is 1. The van der Waals surface area contributed by atoms with Crippen LogP contribution in [0.3, 0.4) is 0 Å². The van der Waals surface area contributed by atoms with Crippen molar-refractivity contribution in [2.24, 2.45) is 4.99 Å². The van der Waals surface area contributed by atoms with Crippen LogP contribution in [0.5, 0.6) is 0 Å². The zero-order valence-electron chi connectivity index (χ0n) is 17.4. The number of β-amino-alcohol motifs (C(OH)–C–C–N with tert-alkyl or cyclic N) is 1. The van der Waals surface area contributed by atoms with Gasteiger partial charge >= 0.3 is 0 Å². The quantitative estimate of drug-likeness (QED) is 0.306. The normalized spacial score (nSPS) is 15.2. The van der Waals surface area contributed by atoms with Crippen molar-refractivity contribution in [2.45, 2.75) is 39.5 Å². The molecule has 1 aliphatic rings. The molecule has 0 amide bonds. The number of aliphatic hydroxyl groups excluding tert-OH is 1. The van der Waals surface area contributed by atoms with E-state index in [4.69, 9.17) is 0 Å². The van der Waals surface area contributed by atoms with Crippen molar-refractivity contribution in [3.8, 4) is 0 Å². The maximum absolute atomic E-state index is 10.5. The Hall–Kier alpha value is -1.64. The molecule has 0 aromatic heterocycles. The van der Waals surface area contributed by atoms with Crippen LogP contribution >= 0.6 is 24.0 Å². The van der Waals surface area contributed by atoms with Gasteiger partial charge in [-0.05, 0) is 42.5 Å². The Morgan fingerprint density at radius 2 is 1.83 bits per heavy atom. The minimum absolute atomic E-state index is 0. The first-order valence-electron chi connectivity index (χ1n) is 10.2. The molecule has 2 aromatic rings. The number of aryl methyl sites for hydroxylation is 1. The van der Waals surface area contributed by atoms with Crippen molar-refractivity contribution < 1.29 is 5.11 Å². The van der Waals surface area contributed by atoms with Crippen LogP contribution in [0.15, 0.2) is 53.5 Å². The number of fused-ring (bicyclic) bond motifs is 1. The topological polar surface area (TPSA) is 59.9 Å². The summed E-state index contributed by atoms with van der Waals surface area (Å²) >= 11 is 0. The summed E-state index contributed by atoms with van der Waals surface area (Å²) in [5.74, 6) is 0.744. The van der Waals surface area contributed by atoms with Gasteiger partial charge in [0.15, 0.2) is 5.96 Å². The Labute approximate surface area is 191 Å². The van der Waals surface area contributed by atoms with Crippen molar-refractivity contribution in [3.63, 3.8) is 0 Å². The van der Waals surface area contributed by atoms with Crippen molar-refractivity contribution in [1.29, 1.82) is 0 Å². The van der Waals surface area contributed by atoms with E-state index in [1.807, 2.05) is 19.1 Å². The highest BCUT2D eigenvalue weighted by Crippen LogP contribution is 2.18. The van der Waals surface area contributed by atoms with Crippen molar-refractivity contribution >= 4 is 29.9 Å². The van der Waals surface area contributed by atoms with Gasteiger partial charge in [-0.3, -0.25) is 4.90 Å². The fourth-order valence-electron chi connectivity index (χ4n) is 3.58. The van der Waals surface area contributed by atoms with E-state index in [1.165, 1.54) is 22.3 Å². The van der Waals surface area contributed by atoms with Gasteiger partial charge in [-0.1, -0.05) is 48.5 Å². The van der Waals surface area contributed by atoms with E-state index in [1.54, 1.807) is 0 Å². The minimum Gasteiger partial charge on any atom is -0.390 e. The summed E-state index contributed by atoms with van der Waals surface area (Å²) in [7, 11) is 0. The van der Waals surface area contributed by atoms with Gasteiger partial charge in [0.05, 0.1) is 12.6 Å². The van der Waals surface area contributed by atoms with Gasteiger partial charge in [-0.2, -0.15) is 0 Å². The molecule has 1 heterocycles. The number of halogens is 1. The van der Waals surface area contributed by atoms with Gasteiger partial charge in [0.2, 0.25) is 0 Å². The smallest absolute Gasteiger partial charge is 0.191 e. The molecule has 0 radical (unpaired) electrons. The second-order valence-corrected chi connectivity index (χ2v) is 7.41. The predicted molar refractivity (Wildman–Crippen MR) is 131 cm³/mol. The van der Waals surface area contributed by atoms with Crippen molar-refractivity contribution in [1.82, 2.24) is 15.5 Å². The maximum Gasteiger partial charge on any atom is 0.191 e. The molecule has 1 atom stereocenters. The first kappa shape index (κ1) is 23.6. The number of hydrogen-bond acceptors (Lipinski definition) is 3. The zero-order valence-corrected chi connectivity index (χ0v) is 19.7. The van der Waals surface area contributed by atoms with E-state index in [-0.39, 0.29) is 24.0 Å². The molecule has 0 aliphatic carbocycles. The fraction of sp³-hybridized carbons (Fsp3) is 0.435. The van der Waals surface area contributed by atoms with Crippen LogP contribution in [0.25, 0.3) is 0 Å². The highest BCUT2D eigenvalue weighted by atomic mass is 127. The summed E-state index contributed by atoms with van der Waals surface area (Å²) in [4.78, 5) is 6.99. The number of rotatable bonds is 7. The van der Waals surface area contributed by atoms with Crippen LogP contribution in [0, 0.1) is 6.92 Å². The van der Waals surface area contributed by atoms with Crippen LogP contribution < -0.4 is 10.6 Å². The fourth-order valence-corrected chi connectivity index (χ4v) is 3.58. The van der Waals surface area contributed by atoms with E-state index >= 15 is 0 Å². The van der Waals surface area contributed by atoms with Crippen molar-refractivity contribution in [2.75, 3.05) is 26.2 Å². The third-order valence-corrected chi connectivity index (χ3v) is 5.20. The molecule has 158 valence electrons. The average Bonchev–Trinajstić information content (AvgIpc) is 2.71. The average molecular weight is 508 g/mol. The molecular formula is C23H33IN4O. The largest absolute Gasteiger partial charge is 0.390 e. The number of guanidine groups is 1. The lowest BCUT2D eigenvalue weighted by atomic mass is 10.00. The Kier molecular flexibility index (Phi) is 9.90. The van der Waals surface area contributed by atoms with E-state index < -0.39 is 6.10 Å². The number of benzene rings is 2. The van der Waals surface area contributed by atoms with E-state index in [0.717, 1.165) is 32.0 Å². The zero-order chi connectivity index (χ0) is 19.8. The number of hydrogen-bond donors (Lipinski definition) is 3. The lowest BCUT2D eigenvalue weighted by molar-refractivity contribution is 0.108. The van der Waals surface area contributed by atoms with Crippen molar-refractivity contribution in [3.05, 3.63) is 70.8 Å². The van der Waals surface area contributed by atoms with Gasteiger partial charge in [-0.25, -0.2) is 4.99 Å². The van der Waals surface area contributed by atoms with Gasteiger partial charge in [0.1, 0.15) is 0 Å². The monoisotopic (exact) mass is 508 g/mol. The lowest BCUT2D eigenvalue weighted by Gasteiger charge is -2.30. The number of nitrogens with one attached hydrogen (secondary N) is 2. The molecule has 2 aromatic carbocycles. The third kappa shape index (κ3) is 7.28. The molecule has 3 rings (SSSR count). The molecule has 0 saturated carbocycles. The van der Waals surface area contributed by atoms with Crippen LogP contribution in [0.1, 0.15) is 29.2 Å². The van der Waals surface area contributed by atoms with E-state index in [9.17, 15) is 5.11 Å². The van der Waals surface area contributed by atoms with E-state index in [0.29, 0.717) is 19.6 Å². The van der Waals surface area contributed by atoms with Crippen LogP contribution in [-0.4, -0.2) is 48.2 Å². The standard InChI is InChI=1S/C23H32N4O.HI/c1-3-24-23(25-14-20-10-5-4-8-18(20)2)26-15-22(28)17-27-13-12-19-9-6-7-11-21(19)16-27;/h4-11,22,28H,3,12-17H2,1-2H3,(H2,24,25,26);1H. The molecular weight excluding hydrogens is 475 g/mol. The molecule has 1 aliphatic heterocycles. The lowest BCUT2D eigenvalue weighted by Crippen LogP contribution is -2.45. The highest BCUT2D eigenvalue weighted by molar-refractivity contribution is 14.0. The summed E-state index contributed by atoms with van der Waals surface area (Å²) < 4.78 is 0. The first-order chi connectivity index (χ1) is 13.7. The van der Waals surface area contributed by atoms with Crippen LogP contribution in [-0.2, 0) is 19.5 Å². The van der Waals surface area contributed by atoms with E-state index in [2.05, 4.69) is 63.8 Å². The second kappa shape index (κ2) is 12.1. The minimum atomic E-state index is -0.437. The van der Waals surface area contributed by atoms with Gasteiger partial charge < -0.3 is 15.7 Å². The second-order valence-electron chi connectivity index (χ2n) is 7.41.